The maximum atomic E-state index is 12.5. The van der Waals surface area contributed by atoms with Gasteiger partial charge in [-0.3, -0.25) is 29.6 Å². The molecule has 4 aromatic rings. The molecule has 0 aliphatic rings. The highest BCUT2D eigenvalue weighted by Crippen LogP contribution is 2.26. The van der Waals surface area contributed by atoms with Crippen molar-refractivity contribution in [3.63, 3.8) is 0 Å². The van der Waals surface area contributed by atoms with Crippen LogP contribution in [0.25, 0.3) is 5.82 Å². The predicted molar refractivity (Wildman–Crippen MR) is 123 cm³/mol. The summed E-state index contributed by atoms with van der Waals surface area (Å²) in [5.74, 6) is 1.85. The van der Waals surface area contributed by atoms with E-state index in [0.717, 1.165) is 24.0 Å². The summed E-state index contributed by atoms with van der Waals surface area (Å²) < 4.78 is 7.61. The number of non-ortho nitro benzene ring substituents is 2. The second-order valence-electron chi connectivity index (χ2n) is 7.29. The number of nitro groups is 2. The van der Waals surface area contributed by atoms with Crippen molar-refractivity contribution >= 4 is 23.0 Å². The topological polar surface area (TPSA) is 168 Å². The first kappa shape index (κ1) is 23.0. The molecule has 0 unspecified atom stereocenters. The molecule has 176 valence electrons. The van der Waals surface area contributed by atoms with E-state index in [9.17, 15) is 25.0 Å². The molecule has 13 heteroatoms. The largest absolute Gasteiger partial charge is 0.439 e. The Hall–Kier alpha value is -5.20. The zero-order valence-corrected chi connectivity index (χ0v) is 18.4. The molecule has 0 radical (unpaired) electrons. The van der Waals surface area contributed by atoms with Gasteiger partial charge in [-0.2, -0.15) is 4.98 Å². The monoisotopic (exact) mass is 475 g/mol. The third kappa shape index (κ3) is 5.24. The molecular formula is C22H17N7O6. The number of carbonyl (C=O) groups excluding carboxylic acids is 1. The molecule has 4 rings (SSSR count). The number of nitrogens with zero attached hydrogens (tertiary/aromatic N) is 6. The Labute approximate surface area is 197 Å². The normalized spacial score (nSPS) is 10.6. The summed E-state index contributed by atoms with van der Waals surface area (Å²) >= 11 is 0. The van der Waals surface area contributed by atoms with Crippen LogP contribution in [-0.2, 0) is 0 Å². The highest BCUT2D eigenvalue weighted by Gasteiger charge is 2.20. The van der Waals surface area contributed by atoms with Gasteiger partial charge < -0.3 is 10.1 Å². The third-order valence-electron chi connectivity index (χ3n) is 4.79. The Balaban J connectivity index is 1.50. The lowest BCUT2D eigenvalue weighted by molar-refractivity contribution is -0.394. The second kappa shape index (κ2) is 9.35. The maximum absolute atomic E-state index is 12.5. The first-order valence-electron chi connectivity index (χ1n) is 10.1. The summed E-state index contributed by atoms with van der Waals surface area (Å²) in [5, 5.41) is 24.6. The number of nitrogens with one attached hydrogen (secondary N) is 1. The number of rotatable bonds is 7. The van der Waals surface area contributed by atoms with E-state index in [-0.39, 0.29) is 5.56 Å². The predicted octanol–water partition coefficient (Wildman–Crippen LogP) is 4.14. The van der Waals surface area contributed by atoms with E-state index in [1.165, 1.54) is 0 Å². The lowest BCUT2D eigenvalue weighted by Crippen LogP contribution is -2.12. The lowest BCUT2D eigenvalue weighted by atomic mass is 10.1. The smallest absolute Gasteiger partial charge is 0.277 e. The van der Waals surface area contributed by atoms with Gasteiger partial charge in [0.1, 0.15) is 23.2 Å². The van der Waals surface area contributed by atoms with Crippen molar-refractivity contribution in [3.05, 3.63) is 98.4 Å². The summed E-state index contributed by atoms with van der Waals surface area (Å²) in [7, 11) is 0. The molecule has 0 atom stereocenters. The van der Waals surface area contributed by atoms with Crippen LogP contribution in [0.15, 0.2) is 60.9 Å². The Morgan fingerprint density at radius 3 is 2.20 bits per heavy atom. The van der Waals surface area contributed by atoms with E-state index in [1.54, 1.807) is 54.2 Å². The highest BCUT2D eigenvalue weighted by atomic mass is 16.6. The maximum Gasteiger partial charge on any atom is 0.277 e. The minimum Gasteiger partial charge on any atom is -0.439 e. The molecule has 0 saturated carbocycles. The standard InChI is InChI=1S/C22H17N7O6/c1-13-24-20(27-8-7-23-14(27)2)12-21(25-13)35-19-5-3-16(4-6-19)26-22(30)15-9-17(28(31)32)11-18(10-15)29(33)34/h3-12H,1-2H3,(H,26,30). The van der Waals surface area contributed by atoms with Crippen LogP contribution in [0.1, 0.15) is 22.0 Å². The van der Waals surface area contributed by atoms with Gasteiger partial charge in [-0.25, -0.2) is 9.97 Å². The van der Waals surface area contributed by atoms with Crippen molar-refractivity contribution in [1.29, 1.82) is 0 Å². The van der Waals surface area contributed by atoms with Crippen LogP contribution in [0.4, 0.5) is 17.1 Å². The van der Waals surface area contributed by atoms with E-state index in [0.29, 0.717) is 29.0 Å². The van der Waals surface area contributed by atoms with Crippen molar-refractivity contribution in [2.75, 3.05) is 5.32 Å². The number of aromatic nitrogens is 4. The average molecular weight is 475 g/mol. The number of imidazole rings is 1. The van der Waals surface area contributed by atoms with Crippen molar-refractivity contribution in [2.45, 2.75) is 13.8 Å². The van der Waals surface area contributed by atoms with Gasteiger partial charge in [-0.1, -0.05) is 0 Å². The van der Waals surface area contributed by atoms with Crippen LogP contribution in [0.2, 0.25) is 0 Å². The van der Waals surface area contributed by atoms with E-state index >= 15 is 0 Å². The third-order valence-corrected chi connectivity index (χ3v) is 4.79. The second-order valence-corrected chi connectivity index (χ2v) is 7.29. The number of anilines is 1. The molecule has 0 aliphatic carbocycles. The van der Waals surface area contributed by atoms with Crippen LogP contribution < -0.4 is 10.1 Å². The van der Waals surface area contributed by atoms with Crippen molar-refractivity contribution < 1.29 is 19.4 Å². The first-order valence-corrected chi connectivity index (χ1v) is 10.1. The SMILES string of the molecule is Cc1nc(Oc2ccc(NC(=O)c3cc([N+](=O)[O-])cc([N+](=O)[O-])c3)cc2)cc(-n2ccnc2C)n1. The fourth-order valence-corrected chi connectivity index (χ4v) is 3.19. The summed E-state index contributed by atoms with van der Waals surface area (Å²) in [4.78, 5) is 45.9. The Kier molecular flexibility index (Phi) is 6.14. The fourth-order valence-electron chi connectivity index (χ4n) is 3.19. The number of aryl methyl sites for hydroxylation is 2. The van der Waals surface area contributed by atoms with Gasteiger partial charge in [-0.05, 0) is 38.1 Å². The van der Waals surface area contributed by atoms with Crippen LogP contribution in [0.3, 0.4) is 0 Å². The van der Waals surface area contributed by atoms with Crippen molar-refractivity contribution in [1.82, 2.24) is 19.5 Å². The molecular weight excluding hydrogens is 458 g/mol. The number of carbonyl (C=O) groups is 1. The molecule has 0 bridgehead atoms. The summed E-state index contributed by atoms with van der Waals surface area (Å²) in [6.45, 7) is 3.58. The number of nitro benzene ring substituents is 2. The van der Waals surface area contributed by atoms with E-state index in [4.69, 9.17) is 4.74 Å². The highest BCUT2D eigenvalue weighted by molar-refractivity contribution is 6.05. The van der Waals surface area contributed by atoms with Gasteiger partial charge in [0.05, 0.1) is 21.5 Å². The Bertz CT molecular complexity index is 1420. The fraction of sp³-hybridized carbons (Fsp3) is 0.0909. The molecule has 2 heterocycles. The minimum absolute atomic E-state index is 0.218. The van der Waals surface area contributed by atoms with Crippen molar-refractivity contribution in [2.24, 2.45) is 0 Å². The van der Waals surface area contributed by atoms with E-state index in [1.807, 2.05) is 6.92 Å². The minimum atomic E-state index is -0.801. The van der Waals surface area contributed by atoms with Crippen LogP contribution in [-0.4, -0.2) is 35.3 Å². The number of hydrogen-bond donors (Lipinski definition) is 1. The van der Waals surface area contributed by atoms with Crippen molar-refractivity contribution in [3.8, 4) is 17.4 Å². The van der Waals surface area contributed by atoms with Gasteiger partial charge in [0.15, 0.2) is 0 Å². The quantitative estimate of drug-likeness (QED) is 0.305. The van der Waals surface area contributed by atoms with Crippen LogP contribution in [0, 0.1) is 34.1 Å². The zero-order chi connectivity index (χ0) is 25.1. The van der Waals surface area contributed by atoms with Crippen LogP contribution in [0.5, 0.6) is 11.6 Å². The molecule has 13 nitrogen and oxygen atoms in total. The van der Waals surface area contributed by atoms with Crippen LogP contribution >= 0.6 is 0 Å². The Morgan fingerprint density at radius 2 is 1.63 bits per heavy atom. The molecule has 2 aromatic heterocycles. The summed E-state index contributed by atoms with van der Waals surface area (Å²) in [6.07, 6.45) is 3.43. The molecule has 0 spiro atoms. The molecule has 2 aromatic carbocycles. The number of benzene rings is 2. The van der Waals surface area contributed by atoms with Gasteiger partial charge >= 0.3 is 0 Å². The number of ether oxygens (including phenoxy) is 1. The lowest BCUT2D eigenvalue weighted by Gasteiger charge is -2.10. The van der Waals surface area contributed by atoms with Gasteiger partial charge in [0, 0.05) is 36.3 Å². The van der Waals surface area contributed by atoms with Gasteiger partial charge in [0.2, 0.25) is 5.88 Å². The molecule has 1 amide bonds. The van der Waals surface area contributed by atoms with E-state index in [2.05, 4.69) is 20.3 Å². The average Bonchev–Trinajstić information content (AvgIpc) is 3.25. The molecule has 35 heavy (non-hydrogen) atoms. The van der Waals surface area contributed by atoms with Gasteiger partial charge in [0.25, 0.3) is 17.3 Å². The molecule has 0 aliphatic heterocycles. The van der Waals surface area contributed by atoms with Gasteiger partial charge in [-0.15, -0.1) is 0 Å². The number of amides is 1. The number of hydrogen-bond acceptors (Lipinski definition) is 9. The molecule has 1 N–H and O–H groups in total. The summed E-state index contributed by atoms with van der Waals surface area (Å²) in [5.41, 5.74) is -0.980. The molecule has 0 saturated heterocycles. The Morgan fingerprint density at radius 1 is 0.971 bits per heavy atom. The summed E-state index contributed by atoms with van der Waals surface area (Å²) in [6, 6.07) is 10.7. The molecule has 0 fully saturated rings. The van der Waals surface area contributed by atoms with E-state index < -0.39 is 27.1 Å². The first-order chi connectivity index (χ1) is 16.7. The zero-order valence-electron chi connectivity index (χ0n) is 18.4.